The van der Waals surface area contributed by atoms with Gasteiger partial charge in [0.1, 0.15) is 17.0 Å². The number of aromatic nitrogens is 3. The van der Waals surface area contributed by atoms with Gasteiger partial charge in [0.15, 0.2) is 0 Å². The zero-order valence-electron chi connectivity index (χ0n) is 11.8. The van der Waals surface area contributed by atoms with Crippen molar-refractivity contribution in [1.82, 2.24) is 15.0 Å². The summed E-state index contributed by atoms with van der Waals surface area (Å²) in [6.07, 6.45) is 3.94. The van der Waals surface area contributed by atoms with Gasteiger partial charge in [-0.05, 0) is 12.1 Å². The predicted octanol–water partition coefficient (Wildman–Crippen LogP) is 2.62. The fourth-order valence-electron chi connectivity index (χ4n) is 1.57. The predicted molar refractivity (Wildman–Crippen MR) is 80.8 cm³/mol. The third-order valence-electron chi connectivity index (χ3n) is 2.70. The molecule has 0 aromatic carbocycles. The number of anilines is 1. The monoisotopic (exact) mass is 326 g/mol. The Morgan fingerprint density at radius 1 is 1.24 bits per heavy atom. The quantitative estimate of drug-likeness (QED) is 0.937. The summed E-state index contributed by atoms with van der Waals surface area (Å²) in [5, 5.41) is 0.122. The second-order valence-electron chi connectivity index (χ2n) is 5.45. The van der Waals surface area contributed by atoms with Crippen molar-refractivity contribution in [1.29, 1.82) is 0 Å². The number of halogens is 1. The van der Waals surface area contributed by atoms with Crippen molar-refractivity contribution in [3.05, 3.63) is 41.6 Å². The molecule has 0 aliphatic carbocycles. The Balaban J connectivity index is 2.37. The van der Waals surface area contributed by atoms with E-state index in [1.807, 2.05) is 20.8 Å². The largest absolute Gasteiger partial charge is 0.266 e. The third-order valence-corrected chi connectivity index (χ3v) is 4.51. The van der Waals surface area contributed by atoms with Gasteiger partial charge in [-0.25, -0.2) is 18.4 Å². The average molecular weight is 327 g/mol. The number of nitrogens with one attached hydrogen (secondary N) is 1. The summed E-state index contributed by atoms with van der Waals surface area (Å²) in [7, 11) is -3.84. The van der Waals surface area contributed by atoms with E-state index in [4.69, 9.17) is 11.6 Å². The van der Waals surface area contributed by atoms with Gasteiger partial charge in [0.05, 0.1) is 5.02 Å². The van der Waals surface area contributed by atoms with Crippen LogP contribution in [-0.2, 0) is 15.4 Å². The van der Waals surface area contributed by atoms with Crippen molar-refractivity contribution < 1.29 is 8.42 Å². The Hall–Kier alpha value is -1.73. The molecule has 0 amide bonds. The highest BCUT2D eigenvalue weighted by Gasteiger charge is 2.23. The summed E-state index contributed by atoms with van der Waals surface area (Å²) in [5.41, 5.74) is 0.500. The molecule has 1 N–H and O–H groups in total. The molecule has 2 aromatic rings. The molecule has 0 unspecified atom stereocenters. The van der Waals surface area contributed by atoms with E-state index in [0.717, 1.165) is 0 Å². The lowest BCUT2D eigenvalue weighted by molar-refractivity contribution is 0.566. The number of sulfonamides is 1. The molecule has 112 valence electrons. The highest BCUT2D eigenvalue weighted by Crippen LogP contribution is 2.28. The molecule has 0 aliphatic heterocycles. The summed E-state index contributed by atoms with van der Waals surface area (Å²) in [4.78, 5) is 11.6. The molecule has 8 heteroatoms. The maximum Gasteiger partial charge on any atom is 0.266 e. The van der Waals surface area contributed by atoms with Crippen LogP contribution < -0.4 is 4.72 Å². The Morgan fingerprint density at radius 3 is 2.48 bits per heavy atom. The van der Waals surface area contributed by atoms with Gasteiger partial charge in [-0.1, -0.05) is 32.4 Å². The van der Waals surface area contributed by atoms with E-state index in [-0.39, 0.29) is 21.2 Å². The minimum absolute atomic E-state index is 0.0872. The van der Waals surface area contributed by atoms with Crippen LogP contribution in [0.3, 0.4) is 0 Å². The van der Waals surface area contributed by atoms with Crippen LogP contribution >= 0.6 is 11.6 Å². The Morgan fingerprint density at radius 2 is 1.95 bits per heavy atom. The lowest BCUT2D eigenvalue weighted by Gasteiger charge is -2.18. The summed E-state index contributed by atoms with van der Waals surface area (Å²) in [5.74, 6) is 0.168. The SMILES string of the molecule is CC(C)(C)c1cc(Cl)c(S(=O)(=O)Nc2ccncn2)cn1. The summed E-state index contributed by atoms with van der Waals surface area (Å²) in [6, 6.07) is 3.01. The fraction of sp³-hybridized carbons (Fsp3) is 0.308. The van der Waals surface area contributed by atoms with Crippen LogP contribution in [0.1, 0.15) is 26.5 Å². The molecule has 6 nitrogen and oxygen atoms in total. The normalized spacial score (nSPS) is 12.2. The van der Waals surface area contributed by atoms with Gasteiger partial charge in [-0.2, -0.15) is 0 Å². The van der Waals surface area contributed by atoms with Gasteiger partial charge in [0.2, 0.25) is 0 Å². The fourth-order valence-corrected chi connectivity index (χ4v) is 3.04. The molecule has 0 saturated heterocycles. The van der Waals surface area contributed by atoms with Crippen LogP contribution in [0, 0.1) is 0 Å². The molecular weight excluding hydrogens is 312 g/mol. The maximum atomic E-state index is 12.3. The molecule has 21 heavy (non-hydrogen) atoms. The van der Waals surface area contributed by atoms with E-state index in [0.29, 0.717) is 5.69 Å². The molecule has 2 rings (SSSR count). The van der Waals surface area contributed by atoms with E-state index < -0.39 is 10.0 Å². The van der Waals surface area contributed by atoms with Crippen molar-refractivity contribution in [2.45, 2.75) is 31.1 Å². The zero-order chi connectivity index (χ0) is 15.7. The van der Waals surface area contributed by atoms with Crippen LogP contribution in [-0.4, -0.2) is 23.4 Å². The van der Waals surface area contributed by atoms with Crippen LogP contribution in [0.25, 0.3) is 0 Å². The minimum atomic E-state index is -3.84. The Labute approximate surface area is 128 Å². The lowest BCUT2D eigenvalue weighted by atomic mass is 9.92. The molecule has 0 saturated carbocycles. The number of rotatable bonds is 3. The smallest absolute Gasteiger partial charge is 0.263 e. The molecule has 0 spiro atoms. The second kappa shape index (κ2) is 5.57. The van der Waals surface area contributed by atoms with Crippen molar-refractivity contribution in [2.24, 2.45) is 0 Å². The number of nitrogens with zero attached hydrogens (tertiary/aromatic N) is 3. The van der Waals surface area contributed by atoms with Crippen LogP contribution in [0.15, 0.2) is 35.7 Å². The third kappa shape index (κ3) is 3.68. The molecule has 0 fully saturated rings. The van der Waals surface area contributed by atoms with Crippen molar-refractivity contribution in [3.63, 3.8) is 0 Å². The summed E-state index contributed by atoms with van der Waals surface area (Å²) < 4.78 is 26.9. The van der Waals surface area contributed by atoms with Crippen LogP contribution in [0.5, 0.6) is 0 Å². The zero-order valence-corrected chi connectivity index (χ0v) is 13.4. The van der Waals surface area contributed by atoms with Gasteiger partial charge < -0.3 is 0 Å². The second-order valence-corrected chi connectivity index (χ2v) is 7.51. The summed E-state index contributed by atoms with van der Waals surface area (Å²) in [6.45, 7) is 5.91. The van der Waals surface area contributed by atoms with E-state index >= 15 is 0 Å². The standard InChI is InChI=1S/C13H15ClN4O2S/c1-13(2,3)11-6-9(14)10(7-16-11)21(19,20)18-12-4-5-15-8-17-12/h4-8H,1-3H3,(H,15,17,18). The maximum absolute atomic E-state index is 12.3. The topological polar surface area (TPSA) is 84.8 Å². The first kappa shape index (κ1) is 15.7. The van der Waals surface area contributed by atoms with Gasteiger partial charge in [0, 0.05) is 23.5 Å². The number of pyridine rings is 1. The van der Waals surface area contributed by atoms with Crippen molar-refractivity contribution in [2.75, 3.05) is 4.72 Å². The van der Waals surface area contributed by atoms with E-state index in [9.17, 15) is 8.42 Å². The molecular formula is C13H15ClN4O2S. The van der Waals surface area contributed by atoms with Crippen LogP contribution in [0.4, 0.5) is 5.82 Å². The molecule has 0 radical (unpaired) electrons. The number of hydrogen-bond acceptors (Lipinski definition) is 5. The first-order valence-corrected chi connectivity index (χ1v) is 8.01. The van der Waals surface area contributed by atoms with Gasteiger partial charge in [-0.15, -0.1) is 0 Å². The Bertz CT molecular complexity index is 743. The van der Waals surface area contributed by atoms with Crippen LogP contribution in [0.2, 0.25) is 5.02 Å². The molecule has 0 aliphatic rings. The summed E-state index contributed by atoms with van der Waals surface area (Å²) >= 11 is 6.09. The first-order valence-electron chi connectivity index (χ1n) is 6.15. The highest BCUT2D eigenvalue weighted by atomic mass is 35.5. The minimum Gasteiger partial charge on any atom is -0.263 e. The van der Waals surface area contributed by atoms with E-state index in [2.05, 4.69) is 19.7 Å². The molecule has 0 atom stereocenters. The van der Waals surface area contributed by atoms with Gasteiger partial charge >= 0.3 is 0 Å². The number of hydrogen-bond donors (Lipinski definition) is 1. The Kier molecular flexibility index (Phi) is 4.15. The van der Waals surface area contributed by atoms with Gasteiger partial charge in [-0.3, -0.25) is 9.71 Å². The van der Waals surface area contributed by atoms with E-state index in [1.54, 1.807) is 6.07 Å². The average Bonchev–Trinajstić information content (AvgIpc) is 2.37. The first-order chi connectivity index (χ1) is 9.70. The molecule has 2 aromatic heterocycles. The van der Waals surface area contributed by atoms with E-state index in [1.165, 1.54) is 24.8 Å². The van der Waals surface area contributed by atoms with Gasteiger partial charge in [0.25, 0.3) is 10.0 Å². The molecule has 2 heterocycles. The molecule has 0 bridgehead atoms. The van der Waals surface area contributed by atoms with Crippen molar-refractivity contribution in [3.8, 4) is 0 Å². The highest BCUT2D eigenvalue weighted by molar-refractivity contribution is 7.92. The lowest BCUT2D eigenvalue weighted by Crippen LogP contribution is -2.17. The van der Waals surface area contributed by atoms with Crippen molar-refractivity contribution >= 4 is 27.4 Å².